The molecule has 0 atom stereocenters. The fraction of sp³-hybridized carbons (Fsp3) is 0.273. The standard InChI is InChI=1S/C7H12.C4H5N/c1-4-6-7(3)5-2;1-2-4-5-3-1/h4-6H,1-3H3;1-5H. The second-order valence-corrected chi connectivity index (χ2v) is 2.42. The molecule has 1 aromatic heterocycles. The monoisotopic (exact) mass is 163 g/mol. The average Bonchev–Trinajstić information content (AvgIpc) is 2.62. The number of H-pyrrole nitrogens is 1. The van der Waals surface area contributed by atoms with Crippen molar-refractivity contribution in [3.05, 3.63) is 48.3 Å². The molecule has 1 heterocycles. The van der Waals surface area contributed by atoms with Gasteiger partial charge in [-0.05, 0) is 32.9 Å². The largest absolute Gasteiger partial charge is 0.368 e. The van der Waals surface area contributed by atoms with E-state index in [4.69, 9.17) is 0 Å². The molecule has 0 aliphatic carbocycles. The van der Waals surface area contributed by atoms with Crippen LogP contribution >= 0.6 is 0 Å². The minimum atomic E-state index is 1.32. The van der Waals surface area contributed by atoms with E-state index in [-0.39, 0.29) is 0 Å². The number of rotatable bonds is 1. The first-order valence-corrected chi connectivity index (χ1v) is 4.14. The van der Waals surface area contributed by atoms with Gasteiger partial charge in [-0.2, -0.15) is 0 Å². The maximum Gasteiger partial charge on any atom is 0.000496 e. The molecule has 0 unspecified atom stereocenters. The van der Waals surface area contributed by atoms with E-state index >= 15 is 0 Å². The molecule has 0 saturated heterocycles. The van der Waals surface area contributed by atoms with E-state index in [9.17, 15) is 0 Å². The first kappa shape index (κ1) is 10.8. The van der Waals surface area contributed by atoms with Gasteiger partial charge in [-0.1, -0.05) is 23.8 Å². The van der Waals surface area contributed by atoms with Crippen molar-refractivity contribution < 1.29 is 0 Å². The predicted molar refractivity (Wildman–Crippen MR) is 55.0 cm³/mol. The molecule has 1 rings (SSSR count). The van der Waals surface area contributed by atoms with Gasteiger partial charge >= 0.3 is 0 Å². The summed E-state index contributed by atoms with van der Waals surface area (Å²) in [6.07, 6.45) is 9.95. The molecule has 12 heavy (non-hydrogen) atoms. The number of allylic oxidation sites excluding steroid dienone is 4. The van der Waals surface area contributed by atoms with Crippen LogP contribution in [0.5, 0.6) is 0 Å². The van der Waals surface area contributed by atoms with Crippen LogP contribution in [0.15, 0.2) is 48.3 Å². The Bertz CT molecular complexity index is 200. The van der Waals surface area contributed by atoms with Gasteiger partial charge in [-0.15, -0.1) is 0 Å². The number of aromatic nitrogens is 1. The highest BCUT2D eigenvalue weighted by Gasteiger charge is 1.69. The van der Waals surface area contributed by atoms with Crippen molar-refractivity contribution in [1.29, 1.82) is 0 Å². The zero-order valence-corrected chi connectivity index (χ0v) is 8.04. The molecule has 0 aliphatic heterocycles. The average molecular weight is 163 g/mol. The molecule has 0 saturated carbocycles. The van der Waals surface area contributed by atoms with E-state index in [0.29, 0.717) is 0 Å². The SMILES string of the molecule is CC=CC(C)=CC.c1cc[nH]c1. The Morgan fingerprint density at radius 3 is 1.92 bits per heavy atom. The Morgan fingerprint density at radius 1 is 1.17 bits per heavy atom. The number of nitrogens with one attached hydrogen (secondary N) is 1. The van der Waals surface area contributed by atoms with Crippen molar-refractivity contribution >= 4 is 0 Å². The molecular weight excluding hydrogens is 146 g/mol. The van der Waals surface area contributed by atoms with Crippen LogP contribution in [0, 0.1) is 0 Å². The summed E-state index contributed by atoms with van der Waals surface area (Å²) in [4.78, 5) is 2.86. The molecule has 0 fully saturated rings. The number of hydrogen-bond donors (Lipinski definition) is 1. The Balaban J connectivity index is 0.000000211. The normalized spacial score (nSPS) is 11.1. The third kappa shape index (κ3) is 6.87. The van der Waals surface area contributed by atoms with E-state index in [1.807, 2.05) is 44.4 Å². The van der Waals surface area contributed by atoms with Crippen molar-refractivity contribution in [2.45, 2.75) is 20.8 Å². The molecular formula is C11H17N. The second kappa shape index (κ2) is 7.86. The van der Waals surface area contributed by atoms with Crippen molar-refractivity contribution in [3.8, 4) is 0 Å². The van der Waals surface area contributed by atoms with Gasteiger partial charge in [0.25, 0.3) is 0 Å². The number of aromatic amines is 1. The fourth-order valence-electron chi connectivity index (χ4n) is 0.637. The third-order valence-corrected chi connectivity index (χ3v) is 1.38. The van der Waals surface area contributed by atoms with Crippen LogP contribution in [-0.2, 0) is 0 Å². The Kier molecular flexibility index (Phi) is 7.05. The van der Waals surface area contributed by atoms with Gasteiger partial charge in [-0.25, -0.2) is 0 Å². The summed E-state index contributed by atoms with van der Waals surface area (Å²) in [5.41, 5.74) is 1.32. The van der Waals surface area contributed by atoms with E-state index in [1.165, 1.54) is 5.57 Å². The topological polar surface area (TPSA) is 15.8 Å². The summed E-state index contributed by atoms with van der Waals surface area (Å²) in [5.74, 6) is 0. The molecule has 1 heteroatoms. The molecule has 0 aromatic carbocycles. The van der Waals surface area contributed by atoms with Gasteiger partial charge in [0.15, 0.2) is 0 Å². The Morgan fingerprint density at radius 2 is 1.75 bits per heavy atom. The fourth-order valence-corrected chi connectivity index (χ4v) is 0.637. The van der Waals surface area contributed by atoms with Crippen LogP contribution in [0.2, 0.25) is 0 Å². The summed E-state index contributed by atoms with van der Waals surface area (Å²) in [6.45, 7) is 6.14. The van der Waals surface area contributed by atoms with Crippen LogP contribution in [0.25, 0.3) is 0 Å². The maximum atomic E-state index is 2.86. The van der Waals surface area contributed by atoms with Crippen molar-refractivity contribution in [3.63, 3.8) is 0 Å². The van der Waals surface area contributed by atoms with Gasteiger partial charge in [0, 0.05) is 12.4 Å². The summed E-state index contributed by atoms with van der Waals surface area (Å²) < 4.78 is 0. The lowest BCUT2D eigenvalue weighted by atomic mass is 10.3. The van der Waals surface area contributed by atoms with Gasteiger partial charge in [0.1, 0.15) is 0 Å². The van der Waals surface area contributed by atoms with E-state index < -0.39 is 0 Å². The first-order valence-electron chi connectivity index (χ1n) is 4.14. The predicted octanol–water partition coefficient (Wildman–Crippen LogP) is 3.54. The van der Waals surface area contributed by atoms with Gasteiger partial charge in [0.2, 0.25) is 0 Å². The lowest BCUT2D eigenvalue weighted by molar-refractivity contribution is 1.42. The second-order valence-electron chi connectivity index (χ2n) is 2.42. The van der Waals surface area contributed by atoms with Gasteiger partial charge in [-0.3, -0.25) is 0 Å². The van der Waals surface area contributed by atoms with Crippen LogP contribution in [0.4, 0.5) is 0 Å². The molecule has 0 aliphatic rings. The lowest BCUT2D eigenvalue weighted by Gasteiger charge is -1.81. The van der Waals surface area contributed by atoms with Crippen molar-refractivity contribution in [2.24, 2.45) is 0 Å². The van der Waals surface area contributed by atoms with Crippen LogP contribution in [-0.4, -0.2) is 4.98 Å². The van der Waals surface area contributed by atoms with Crippen molar-refractivity contribution in [1.82, 2.24) is 4.98 Å². The van der Waals surface area contributed by atoms with Crippen LogP contribution in [0.3, 0.4) is 0 Å². The third-order valence-electron chi connectivity index (χ3n) is 1.38. The van der Waals surface area contributed by atoms with Crippen LogP contribution < -0.4 is 0 Å². The molecule has 1 N–H and O–H groups in total. The highest BCUT2D eigenvalue weighted by Crippen LogP contribution is 1.91. The summed E-state index contributed by atoms with van der Waals surface area (Å²) in [5, 5.41) is 0. The number of hydrogen-bond acceptors (Lipinski definition) is 0. The molecule has 1 nitrogen and oxygen atoms in total. The molecule has 0 spiro atoms. The highest BCUT2D eigenvalue weighted by molar-refractivity contribution is 5.13. The Labute approximate surface area is 74.8 Å². The smallest absolute Gasteiger partial charge is 0.000496 e. The molecule has 0 radical (unpaired) electrons. The van der Waals surface area contributed by atoms with Crippen LogP contribution in [0.1, 0.15) is 20.8 Å². The molecule has 0 bridgehead atoms. The zero-order chi connectivity index (χ0) is 9.23. The zero-order valence-electron chi connectivity index (χ0n) is 8.04. The van der Waals surface area contributed by atoms with Gasteiger partial charge < -0.3 is 4.98 Å². The molecule has 1 aromatic rings. The highest BCUT2D eigenvalue weighted by atomic mass is 14.6. The summed E-state index contributed by atoms with van der Waals surface area (Å²) in [7, 11) is 0. The van der Waals surface area contributed by atoms with E-state index in [0.717, 1.165) is 0 Å². The summed E-state index contributed by atoms with van der Waals surface area (Å²) in [6, 6.07) is 3.89. The van der Waals surface area contributed by atoms with E-state index in [1.54, 1.807) is 0 Å². The molecule has 0 amide bonds. The minimum absolute atomic E-state index is 1.32. The quantitative estimate of drug-likeness (QED) is 0.609. The van der Waals surface area contributed by atoms with Gasteiger partial charge in [0.05, 0.1) is 0 Å². The maximum absolute atomic E-state index is 2.86. The summed E-state index contributed by atoms with van der Waals surface area (Å²) >= 11 is 0. The minimum Gasteiger partial charge on any atom is -0.368 e. The lowest BCUT2D eigenvalue weighted by Crippen LogP contribution is -1.60. The van der Waals surface area contributed by atoms with Crippen molar-refractivity contribution in [2.75, 3.05) is 0 Å². The van der Waals surface area contributed by atoms with E-state index in [2.05, 4.69) is 24.1 Å². The Hall–Kier alpha value is -1.24. The first-order chi connectivity index (χ1) is 5.81. The molecule has 66 valence electrons.